The van der Waals surface area contributed by atoms with Crippen LogP contribution in [-0.2, 0) is 25.9 Å². The van der Waals surface area contributed by atoms with Crippen LogP contribution in [0.15, 0.2) is 35.3 Å². The van der Waals surface area contributed by atoms with Gasteiger partial charge >= 0.3 is 0 Å². The maximum absolute atomic E-state index is 12.4. The normalized spacial score (nSPS) is 14.9. The molecule has 4 heterocycles. The van der Waals surface area contributed by atoms with E-state index in [1.54, 1.807) is 0 Å². The monoisotopic (exact) mass is 323 g/mol. The van der Waals surface area contributed by atoms with Crippen LogP contribution in [0.1, 0.15) is 36.1 Å². The van der Waals surface area contributed by atoms with Crippen molar-refractivity contribution in [3.63, 3.8) is 0 Å². The SMILES string of the molecule is CCCc1nc2c(c(=O)[nH]1)CN(Cc1cc3ccccn3n1)CC2. The van der Waals surface area contributed by atoms with Crippen LogP contribution >= 0.6 is 0 Å². The second kappa shape index (κ2) is 6.20. The quantitative estimate of drug-likeness (QED) is 0.797. The summed E-state index contributed by atoms with van der Waals surface area (Å²) < 4.78 is 1.89. The molecule has 4 rings (SSSR count). The Labute approximate surface area is 140 Å². The number of pyridine rings is 1. The molecule has 0 fully saturated rings. The van der Waals surface area contributed by atoms with E-state index in [0.717, 1.165) is 60.6 Å². The highest BCUT2D eigenvalue weighted by Gasteiger charge is 2.21. The van der Waals surface area contributed by atoms with E-state index in [-0.39, 0.29) is 5.56 Å². The average molecular weight is 323 g/mol. The van der Waals surface area contributed by atoms with Gasteiger partial charge in [0.05, 0.1) is 22.5 Å². The summed E-state index contributed by atoms with van der Waals surface area (Å²) in [4.78, 5) is 22.2. The molecule has 6 heteroatoms. The molecule has 0 spiro atoms. The smallest absolute Gasteiger partial charge is 0.255 e. The second-order valence-corrected chi connectivity index (χ2v) is 6.35. The molecule has 6 nitrogen and oxygen atoms in total. The number of aromatic amines is 1. The third-order valence-electron chi connectivity index (χ3n) is 4.49. The third kappa shape index (κ3) is 2.85. The molecule has 0 amide bonds. The lowest BCUT2D eigenvalue weighted by Crippen LogP contribution is -2.35. The lowest BCUT2D eigenvalue weighted by Gasteiger charge is -2.26. The largest absolute Gasteiger partial charge is 0.310 e. The van der Waals surface area contributed by atoms with Crippen LogP contribution in [0.25, 0.3) is 5.52 Å². The van der Waals surface area contributed by atoms with Gasteiger partial charge in [0, 0.05) is 38.7 Å². The number of rotatable bonds is 4. The Bertz CT molecular complexity index is 894. The van der Waals surface area contributed by atoms with Gasteiger partial charge in [0.1, 0.15) is 5.82 Å². The van der Waals surface area contributed by atoms with Crippen molar-refractivity contribution in [2.24, 2.45) is 0 Å². The molecule has 0 aliphatic carbocycles. The number of aryl methyl sites for hydroxylation is 1. The van der Waals surface area contributed by atoms with E-state index >= 15 is 0 Å². The first-order valence-electron chi connectivity index (χ1n) is 8.49. The maximum atomic E-state index is 12.4. The number of nitrogens with one attached hydrogen (secondary N) is 1. The molecule has 0 saturated carbocycles. The summed E-state index contributed by atoms with van der Waals surface area (Å²) in [5, 5.41) is 4.60. The molecule has 24 heavy (non-hydrogen) atoms. The van der Waals surface area contributed by atoms with Crippen LogP contribution in [0, 0.1) is 0 Å². The summed E-state index contributed by atoms with van der Waals surface area (Å²) in [5.41, 5.74) is 3.91. The second-order valence-electron chi connectivity index (χ2n) is 6.35. The molecular formula is C18H21N5O. The highest BCUT2D eigenvalue weighted by atomic mass is 16.1. The van der Waals surface area contributed by atoms with Crippen LogP contribution in [0.2, 0.25) is 0 Å². The molecule has 1 aliphatic heterocycles. The van der Waals surface area contributed by atoms with E-state index in [0.29, 0.717) is 6.54 Å². The molecule has 1 aliphatic rings. The predicted octanol–water partition coefficient (Wildman–Crippen LogP) is 1.93. The van der Waals surface area contributed by atoms with Gasteiger partial charge in [-0.3, -0.25) is 9.69 Å². The van der Waals surface area contributed by atoms with Gasteiger partial charge in [-0.05, 0) is 24.6 Å². The van der Waals surface area contributed by atoms with Crippen LogP contribution in [0.5, 0.6) is 0 Å². The van der Waals surface area contributed by atoms with E-state index in [2.05, 4.69) is 33.0 Å². The van der Waals surface area contributed by atoms with Crippen molar-refractivity contribution in [3.05, 3.63) is 63.6 Å². The summed E-state index contributed by atoms with van der Waals surface area (Å²) >= 11 is 0. The summed E-state index contributed by atoms with van der Waals surface area (Å²) in [6, 6.07) is 8.13. The predicted molar refractivity (Wildman–Crippen MR) is 91.9 cm³/mol. The van der Waals surface area contributed by atoms with E-state index in [4.69, 9.17) is 0 Å². The standard InChI is InChI=1S/C18H21N5O/c1-2-5-17-19-16-7-9-22(12-15(16)18(24)20-17)11-13-10-14-6-3-4-8-23(14)21-13/h3-4,6,8,10H,2,5,7,9,11-12H2,1H3,(H,19,20,24). The van der Waals surface area contributed by atoms with Crippen molar-refractivity contribution in [2.75, 3.05) is 6.54 Å². The minimum atomic E-state index is 0.0168. The van der Waals surface area contributed by atoms with Crippen LogP contribution in [-0.4, -0.2) is 31.0 Å². The minimum Gasteiger partial charge on any atom is -0.310 e. The van der Waals surface area contributed by atoms with E-state index in [1.807, 2.05) is 28.9 Å². The maximum Gasteiger partial charge on any atom is 0.255 e. The van der Waals surface area contributed by atoms with Crippen molar-refractivity contribution in [2.45, 2.75) is 39.3 Å². The van der Waals surface area contributed by atoms with Crippen molar-refractivity contribution in [1.29, 1.82) is 0 Å². The minimum absolute atomic E-state index is 0.0168. The zero-order valence-electron chi connectivity index (χ0n) is 13.8. The average Bonchev–Trinajstić information content (AvgIpc) is 2.98. The van der Waals surface area contributed by atoms with Gasteiger partial charge in [0.25, 0.3) is 5.56 Å². The van der Waals surface area contributed by atoms with Gasteiger partial charge < -0.3 is 4.98 Å². The summed E-state index contributed by atoms with van der Waals surface area (Å²) in [7, 11) is 0. The number of aromatic nitrogens is 4. The highest BCUT2D eigenvalue weighted by Crippen LogP contribution is 2.17. The molecule has 3 aromatic heterocycles. The molecule has 1 N–H and O–H groups in total. The molecule has 0 aromatic carbocycles. The Morgan fingerprint density at radius 2 is 2.25 bits per heavy atom. The van der Waals surface area contributed by atoms with Gasteiger partial charge in [0.2, 0.25) is 0 Å². The fourth-order valence-corrected chi connectivity index (χ4v) is 3.32. The fourth-order valence-electron chi connectivity index (χ4n) is 3.32. The van der Waals surface area contributed by atoms with Crippen molar-refractivity contribution in [1.82, 2.24) is 24.5 Å². The lowest BCUT2D eigenvalue weighted by molar-refractivity contribution is 0.238. The summed E-state index contributed by atoms with van der Waals surface area (Å²) in [5.74, 6) is 0.815. The van der Waals surface area contributed by atoms with Gasteiger partial charge in [-0.2, -0.15) is 5.10 Å². The Morgan fingerprint density at radius 3 is 3.08 bits per heavy atom. The van der Waals surface area contributed by atoms with Gasteiger partial charge in [-0.25, -0.2) is 9.50 Å². The third-order valence-corrected chi connectivity index (χ3v) is 4.49. The Balaban J connectivity index is 1.54. The van der Waals surface area contributed by atoms with E-state index in [9.17, 15) is 4.79 Å². The number of nitrogens with zero attached hydrogens (tertiary/aromatic N) is 4. The molecule has 0 saturated heterocycles. The number of hydrogen-bond acceptors (Lipinski definition) is 4. The fraction of sp³-hybridized carbons (Fsp3) is 0.389. The molecule has 124 valence electrons. The zero-order chi connectivity index (χ0) is 16.5. The molecule has 0 bridgehead atoms. The van der Waals surface area contributed by atoms with Crippen molar-refractivity contribution >= 4 is 5.52 Å². The Kier molecular flexibility index (Phi) is 3.90. The molecule has 0 radical (unpaired) electrons. The molecule has 3 aromatic rings. The van der Waals surface area contributed by atoms with Gasteiger partial charge in [-0.1, -0.05) is 13.0 Å². The van der Waals surface area contributed by atoms with Crippen LogP contribution in [0.3, 0.4) is 0 Å². The lowest BCUT2D eigenvalue weighted by atomic mass is 10.1. The number of fused-ring (bicyclic) bond motifs is 2. The number of H-pyrrole nitrogens is 1. The Morgan fingerprint density at radius 1 is 1.33 bits per heavy atom. The van der Waals surface area contributed by atoms with Crippen molar-refractivity contribution in [3.8, 4) is 0 Å². The summed E-state index contributed by atoms with van der Waals surface area (Å²) in [6.45, 7) is 4.38. The van der Waals surface area contributed by atoms with Gasteiger partial charge in [0.15, 0.2) is 0 Å². The summed E-state index contributed by atoms with van der Waals surface area (Å²) in [6.07, 6.45) is 4.59. The first-order chi connectivity index (χ1) is 11.7. The van der Waals surface area contributed by atoms with Gasteiger partial charge in [-0.15, -0.1) is 0 Å². The Hall–Kier alpha value is -2.47. The first-order valence-corrected chi connectivity index (χ1v) is 8.49. The zero-order valence-corrected chi connectivity index (χ0v) is 13.8. The molecular weight excluding hydrogens is 302 g/mol. The first kappa shape index (κ1) is 15.1. The topological polar surface area (TPSA) is 66.3 Å². The number of hydrogen-bond donors (Lipinski definition) is 1. The van der Waals surface area contributed by atoms with Crippen LogP contribution < -0.4 is 5.56 Å². The van der Waals surface area contributed by atoms with E-state index in [1.165, 1.54) is 0 Å². The van der Waals surface area contributed by atoms with Crippen LogP contribution in [0.4, 0.5) is 0 Å². The molecule has 0 unspecified atom stereocenters. The van der Waals surface area contributed by atoms with Crippen molar-refractivity contribution < 1.29 is 0 Å². The van der Waals surface area contributed by atoms with E-state index < -0.39 is 0 Å². The highest BCUT2D eigenvalue weighted by molar-refractivity contribution is 5.46. The molecule has 0 atom stereocenters.